The van der Waals surface area contributed by atoms with Crippen molar-refractivity contribution in [3.05, 3.63) is 29.3 Å². The molecule has 3 fully saturated rings. The van der Waals surface area contributed by atoms with Crippen molar-refractivity contribution >= 4 is 54.5 Å². The summed E-state index contributed by atoms with van der Waals surface area (Å²) in [5.74, 6) is -0.606. The van der Waals surface area contributed by atoms with E-state index in [-0.39, 0.29) is 24.0 Å². The molecule has 1 aromatic heterocycles. The van der Waals surface area contributed by atoms with Crippen LogP contribution in [0.5, 0.6) is 0 Å². The van der Waals surface area contributed by atoms with Gasteiger partial charge in [-0.2, -0.15) is 12.7 Å². The average Bonchev–Trinajstić information content (AvgIpc) is 3.37. The minimum Gasteiger partial charge on any atom is -0.345 e. The molecule has 2 amide bonds. The van der Waals surface area contributed by atoms with Gasteiger partial charge in [-0.1, -0.05) is 11.6 Å². The molecule has 0 aliphatic carbocycles. The number of fused-ring (bicyclic) bond motifs is 2. The first-order valence-corrected chi connectivity index (χ1v) is 15.2. The lowest BCUT2D eigenvalue weighted by Crippen LogP contribution is -2.65. The molecule has 5 rings (SSSR count). The molecule has 15 heteroatoms. The zero-order valence-corrected chi connectivity index (χ0v) is 22.7. The summed E-state index contributed by atoms with van der Waals surface area (Å²) in [5, 5.41) is 0.892. The average molecular weight is 575 g/mol. The largest absolute Gasteiger partial charge is 0.345 e. The number of nitrogens with one attached hydrogen (secondary N) is 1. The van der Waals surface area contributed by atoms with E-state index in [2.05, 4.69) is 4.98 Å². The number of carbonyl (C=O) groups excluding carboxylic acids is 2. The number of hydrogen-bond acceptors (Lipinski definition) is 8. The smallest absolute Gasteiger partial charge is 0.264 e. The third-order valence-corrected chi connectivity index (χ3v) is 9.67. The van der Waals surface area contributed by atoms with Crippen molar-refractivity contribution in [2.75, 3.05) is 45.6 Å². The maximum absolute atomic E-state index is 13.6. The number of aromatic amines is 1. The van der Waals surface area contributed by atoms with Gasteiger partial charge in [0, 0.05) is 35.9 Å². The van der Waals surface area contributed by atoms with E-state index in [0.717, 1.165) is 10.6 Å². The predicted octanol–water partition coefficient (Wildman–Crippen LogP) is 0.738. The Morgan fingerprint density at radius 1 is 1.16 bits per heavy atom. The highest BCUT2D eigenvalue weighted by molar-refractivity contribution is 7.89. The predicted molar refractivity (Wildman–Crippen MR) is 133 cm³/mol. The van der Waals surface area contributed by atoms with Gasteiger partial charge in [0.2, 0.25) is 11.8 Å². The number of H-pyrrole nitrogens is 1. The van der Waals surface area contributed by atoms with Gasteiger partial charge in [-0.05, 0) is 37.1 Å². The van der Waals surface area contributed by atoms with Crippen LogP contribution in [0, 0.1) is 0 Å². The fourth-order valence-corrected chi connectivity index (χ4v) is 7.31. The lowest BCUT2D eigenvalue weighted by molar-refractivity contribution is -0.191. The summed E-state index contributed by atoms with van der Waals surface area (Å²) in [6.45, 7) is 1.08. The SMILES string of the molecule is CC(=O)N1CCC2(CC1)CN1C(=O)CN(S(=O)(=O)c3cc4cc(Cl)ccc4[nH]3)CC1(COS(C)(=O)=O)O2. The van der Waals surface area contributed by atoms with E-state index in [1.807, 2.05) is 0 Å². The Labute approximate surface area is 219 Å². The van der Waals surface area contributed by atoms with Crippen LogP contribution in [-0.4, -0.2) is 105 Å². The number of hydrogen-bond donors (Lipinski definition) is 1. The minimum atomic E-state index is -4.21. The zero-order valence-electron chi connectivity index (χ0n) is 20.3. The molecular weight excluding hydrogens is 548 g/mol. The highest BCUT2D eigenvalue weighted by Crippen LogP contribution is 2.44. The van der Waals surface area contributed by atoms with E-state index in [0.29, 0.717) is 41.9 Å². The highest BCUT2D eigenvalue weighted by atomic mass is 35.5. The molecule has 0 saturated carbocycles. The number of ether oxygens (including phenoxy) is 1. The van der Waals surface area contributed by atoms with E-state index >= 15 is 0 Å². The first kappa shape index (κ1) is 26.4. The molecule has 3 saturated heterocycles. The van der Waals surface area contributed by atoms with Crippen LogP contribution in [-0.2, 0) is 38.7 Å². The number of benzene rings is 1. The Morgan fingerprint density at radius 2 is 1.86 bits per heavy atom. The molecular formula is C22H27ClN4O8S2. The summed E-state index contributed by atoms with van der Waals surface area (Å²) in [5.41, 5.74) is -1.96. The molecule has 1 spiro atoms. The molecule has 1 atom stereocenters. The van der Waals surface area contributed by atoms with Crippen molar-refractivity contribution in [2.45, 2.75) is 36.1 Å². The molecule has 2 aromatic rings. The summed E-state index contributed by atoms with van der Waals surface area (Å²) >= 11 is 6.03. The first-order valence-electron chi connectivity index (χ1n) is 11.6. The fraction of sp³-hybridized carbons (Fsp3) is 0.545. The van der Waals surface area contributed by atoms with Gasteiger partial charge >= 0.3 is 0 Å². The molecule has 0 radical (unpaired) electrons. The van der Waals surface area contributed by atoms with Crippen molar-refractivity contribution in [1.82, 2.24) is 19.1 Å². The summed E-state index contributed by atoms with van der Waals surface area (Å²) < 4.78 is 63.6. The number of amides is 2. The van der Waals surface area contributed by atoms with E-state index in [1.54, 1.807) is 23.1 Å². The van der Waals surface area contributed by atoms with Crippen LogP contribution < -0.4 is 0 Å². The van der Waals surface area contributed by atoms with Crippen LogP contribution in [0.1, 0.15) is 19.8 Å². The van der Waals surface area contributed by atoms with Gasteiger partial charge in [0.05, 0.1) is 31.5 Å². The number of likely N-dealkylation sites (tertiary alicyclic amines) is 1. The van der Waals surface area contributed by atoms with Gasteiger partial charge in [-0.25, -0.2) is 8.42 Å². The Hall–Kier alpha value is -2.23. The Bertz CT molecular complexity index is 1480. The summed E-state index contributed by atoms with van der Waals surface area (Å²) in [6, 6.07) is 6.33. The van der Waals surface area contributed by atoms with Crippen LogP contribution >= 0.6 is 11.6 Å². The molecule has 12 nitrogen and oxygen atoms in total. The van der Waals surface area contributed by atoms with Crippen LogP contribution in [0.2, 0.25) is 5.02 Å². The molecule has 1 unspecified atom stereocenters. The fourth-order valence-electron chi connectivity index (χ4n) is 5.29. The molecule has 202 valence electrons. The number of sulfonamides is 1. The standard InChI is InChI=1S/C22H27ClN4O8S2/c1-15(28)25-7-5-21(6-8-25)12-27-20(29)11-26(13-22(27,35-21)14-34-36(2,30)31)37(32,33)19-10-16-9-17(23)3-4-18(16)24-19/h3-4,9-10,24H,5-8,11-14H2,1-2H3. The highest BCUT2D eigenvalue weighted by Gasteiger charge is 2.61. The van der Waals surface area contributed by atoms with Gasteiger partial charge in [0.25, 0.3) is 20.1 Å². The number of carbonyl (C=O) groups is 2. The molecule has 0 bridgehead atoms. The molecule has 37 heavy (non-hydrogen) atoms. The molecule has 4 heterocycles. The number of piperidine rings is 1. The molecule has 1 aromatic carbocycles. The van der Waals surface area contributed by atoms with E-state index in [4.69, 9.17) is 20.5 Å². The van der Waals surface area contributed by atoms with Crippen molar-refractivity contribution < 1.29 is 35.3 Å². The third kappa shape index (κ3) is 4.86. The summed E-state index contributed by atoms with van der Waals surface area (Å²) in [6.07, 6.45) is 1.69. The van der Waals surface area contributed by atoms with Gasteiger partial charge < -0.3 is 19.5 Å². The second-order valence-electron chi connectivity index (χ2n) is 9.82. The summed E-state index contributed by atoms with van der Waals surface area (Å²) in [7, 11) is -8.14. The van der Waals surface area contributed by atoms with Gasteiger partial charge in [-0.3, -0.25) is 13.8 Å². The van der Waals surface area contributed by atoms with Gasteiger partial charge in [-0.15, -0.1) is 0 Å². The molecule has 3 aliphatic heterocycles. The Morgan fingerprint density at radius 3 is 2.51 bits per heavy atom. The van der Waals surface area contributed by atoms with Crippen molar-refractivity contribution in [3.63, 3.8) is 0 Å². The van der Waals surface area contributed by atoms with E-state index < -0.39 is 50.5 Å². The number of halogens is 1. The van der Waals surface area contributed by atoms with Crippen LogP contribution in [0.3, 0.4) is 0 Å². The van der Waals surface area contributed by atoms with Crippen LogP contribution in [0.15, 0.2) is 29.3 Å². The maximum Gasteiger partial charge on any atom is 0.264 e. The summed E-state index contributed by atoms with van der Waals surface area (Å²) in [4.78, 5) is 31.1. The first-order chi connectivity index (χ1) is 17.2. The lowest BCUT2D eigenvalue weighted by Gasteiger charge is -2.44. The Balaban J connectivity index is 1.48. The second kappa shape index (κ2) is 8.92. The van der Waals surface area contributed by atoms with Crippen molar-refractivity contribution in [2.24, 2.45) is 0 Å². The maximum atomic E-state index is 13.6. The van der Waals surface area contributed by atoms with Gasteiger partial charge in [0.15, 0.2) is 5.72 Å². The normalized spacial score (nSPS) is 24.7. The number of rotatable bonds is 5. The number of nitrogens with zero attached hydrogens (tertiary/aromatic N) is 3. The van der Waals surface area contributed by atoms with E-state index in [9.17, 15) is 26.4 Å². The quantitative estimate of drug-likeness (QED) is 0.514. The number of aromatic nitrogens is 1. The van der Waals surface area contributed by atoms with Crippen LogP contribution in [0.25, 0.3) is 10.9 Å². The molecule has 1 N–H and O–H groups in total. The number of piperazine rings is 1. The second-order valence-corrected chi connectivity index (χ2v) is 13.8. The lowest BCUT2D eigenvalue weighted by atomic mass is 9.91. The topological polar surface area (TPSA) is 146 Å². The Kier molecular flexibility index (Phi) is 6.36. The van der Waals surface area contributed by atoms with Crippen molar-refractivity contribution in [3.8, 4) is 0 Å². The van der Waals surface area contributed by atoms with Gasteiger partial charge in [0.1, 0.15) is 11.6 Å². The molecule has 3 aliphatic rings. The van der Waals surface area contributed by atoms with Crippen molar-refractivity contribution in [1.29, 1.82) is 0 Å². The third-order valence-electron chi connectivity index (χ3n) is 7.18. The van der Waals surface area contributed by atoms with Crippen LogP contribution in [0.4, 0.5) is 0 Å². The zero-order chi connectivity index (χ0) is 26.8. The monoisotopic (exact) mass is 574 g/mol. The minimum absolute atomic E-state index is 0.0753. The van der Waals surface area contributed by atoms with E-state index in [1.165, 1.54) is 17.9 Å².